The first-order valence-electron chi connectivity index (χ1n) is 12.5. The van der Waals surface area contributed by atoms with Gasteiger partial charge in [-0.3, -0.25) is 9.59 Å². The number of nitrogens with one attached hydrogen (secondary N) is 1. The van der Waals surface area contributed by atoms with Gasteiger partial charge in [-0.2, -0.15) is 4.31 Å². The summed E-state index contributed by atoms with van der Waals surface area (Å²) in [6, 6.07) is 18.9. The molecule has 9 heteroatoms. The van der Waals surface area contributed by atoms with Crippen molar-refractivity contribution in [3.05, 3.63) is 71.6 Å². The van der Waals surface area contributed by atoms with Crippen LogP contribution in [0.1, 0.15) is 38.2 Å². The maximum absolute atomic E-state index is 13.7. The molecule has 0 saturated carbocycles. The number of carbonyl (C=O) groups is 2. The van der Waals surface area contributed by atoms with Gasteiger partial charge in [0.2, 0.25) is 21.8 Å². The highest BCUT2D eigenvalue weighted by atomic mass is 32.2. The van der Waals surface area contributed by atoms with Crippen molar-refractivity contribution in [2.45, 2.75) is 38.1 Å². The van der Waals surface area contributed by atoms with Gasteiger partial charge in [-0.1, -0.05) is 61.9 Å². The molecule has 0 aliphatic carbocycles. The zero-order chi connectivity index (χ0) is 25.6. The molecule has 0 radical (unpaired) electrons. The third-order valence-electron chi connectivity index (χ3n) is 6.91. The molecule has 0 atom stereocenters. The number of unbranched alkanes of at least 4 members (excludes halogenated alkanes) is 1. The summed E-state index contributed by atoms with van der Waals surface area (Å²) in [5, 5.41) is 4.12. The van der Waals surface area contributed by atoms with Crippen LogP contribution in [-0.2, 0) is 19.6 Å². The SMILES string of the molecule is CCCCNC(=O)CN1CN(c2ccccc2)C2(CCN(S(=O)(=O)/C=C/c3ccccc3)CC2)C1=O. The van der Waals surface area contributed by atoms with Crippen LogP contribution in [0.25, 0.3) is 6.08 Å². The molecule has 4 rings (SSSR count). The molecule has 8 nitrogen and oxygen atoms in total. The number of rotatable bonds is 9. The summed E-state index contributed by atoms with van der Waals surface area (Å²) in [7, 11) is -3.63. The number of para-hydroxylation sites is 1. The number of nitrogens with zero attached hydrogens (tertiary/aromatic N) is 3. The van der Waals surface area contributed by atoms with Gasteiger partial charge in [0.1, 0.15) is 12.1 Å². The standard InChI is InChI=1S/C27H34N4O4S/c1-2-3-17-28-25(32)21-29-22-31(24-12-8-5-9-13-24)27(26(29)33)15-18-30(19-16-27)36(34,35)20-14-23-10-6-4-7-11-23/h4-14,20H,2-3,15-19,21-22H2,1H3,(H,28,32)/b20-14+. The van der Waals surface area contributed by atoms with Gasteiger partial charge in [0.15, 0.2) is 0 Å². The predicted molar refractivity (Wildman–Crippen MR) is 141 cm³/mol. The maximum atomic E-state index is 13.7. The molecule has 0 unspecified atom stereocenters. The summed E-state index contributed by atoms with van der Waals surface area (Å²) in [6.45, 7) is 3.40. The fourth-order valence-electron chi connectivity index (χ4n) is 4.88. The number of piperidine rings is 1. The molecule has 2 amide bonds. The first kappa shape index (κ1) is 25.9. The molecule has 2 aromatic rings. The summed E-state index contributed by atoms with van der Waals surface area (Å²) in [4.78, 5) is 29.8. The van der Waals surface area contributed by atoms with Gasteiger partial charge in [0, 0.05) is 30.7 Å². The number of hydrogen-bond acceptors (Lipinski definition) is 5. The first-order chi connectivity index (χ1) is 17.4. The second kappa shape index (κ2) is 11.3. The molecular formula is C27H34N4O4S. The molecule has 2 fully saturated rings. The molecule has 2 aromatic carbocycles. The van der Waals surface area contributed by atoms with E-state index < -0.39 is 15.6 Å². The fraction of sp³-hybridized carbons (Fsp3) is 0.407. The second-order valence-corrected chi connectivity index (χ2v) is 11.1. The minimum atomic E-state index is -3.63. The number of anilines is 1. The van der Waals surface area contributed by atoms with Crippen LogP contribution in [0, 0.1) is 0 Å². The van der Waals surface area contributed by atoms with Crippen molar-refractivity contribution in [1.82, 2.24) is 14.5 Å². The maximum Gasteiger partial charge on any atom is 0.250 e. The Hall–Kier alpha value is -3.17. The van der Waals surface area contributed by atoms with Crippen LogP contribution in [0.2, 0.25) is 0 Å². The first-order valence-corrected chi connectivity index (χ1v) is 14.0. The van der Waals surface area contributed by atoms with E-state index in [1.165, 1.54) is 9.71 Å². The largest absolute Gasteiger partial charge is 0.355 e. The highest BCUT2D eigenvalue weighted by Gasteiger charge is 2.54. The van der Waals surface area contributed by atoms with E-state index in [0.717, 1.165) is 24.1 Å². The lowest BCUT2D eigenvalue weighted by molar-refractivity contribution is -0.137. The average Bonchev–Trinajstić information content (AvgIpc) is 3.15. The highest BCUT2D eigenvalue weighted by Crippen LogP contribution is 2.40. The number of carbonyl (C=O) groups excluding carboxylic acids is 2. The lowest BCUT2D eigenvalue weighted by Crippen LogP contribution is -2.57. The Bertz CT molecular complexity index is 1180. The van der Waals surface area contributed by atoms with E-state index in [-0.39, 0.29) is 31.4 Å². The molecule has 36 heavy (non-hydrogen) atoms. The van der Waals surface area contributed by atoms with Crippen molar-refractivity contribution < 1.29 is 18.0 Å². The van der Waals surface area contributed by atoms with Crippen molar-refractivity contribution in [3.63, 3.8) is 0 Å². The molecule has 0 aromatic heterocycles. The molecule has 192 valence electrons. The van der Waals surface area contributed by atoms with E-state index in [1.807, 2.05) is 65.6 Å². The van der Waals surface area contributed by atoms with E-state index in [9.17, 15) is 18.0 Å². The number of sulfonamides is 1. The van der Waals surface area contributed by atoms with Gasteiger partial charge in [-0.15, -0.1) is 0 Å². The Labute approximate surface area is 213 Å². The van der Waals surface area contributed by atoms with Crippen LogP contribution in [-0.4, -0.2) is 67.8 Å². The number of hydrogen-bond donors (Lipinski definition) is 1. The van der Waals surface area contributed by atoms with Crippen molar-refractivity contribution >= 4 is 33.6 Å². The van der Waals surface area contributed by atoms with Crippen LogP contribution in [0.4, 0.5) is 5.69 Å². The Morgan fingerprint density at radius 3 is 2.31 bits per heavy atom. The van der Waals surface area contributed by atoms with E-state index in [0.29, 0.717) is 26.1 Å². The number of benzene rings is 2. The van der Waals surface area contributed by atoms with Crippen molar-refractivity contribution in [2.75, 3.05) is 37.7 Å². The Kier molecular flexibility index (Phi) is 8.11. The predicted octanol–water partition coefficient (Wildman–Crippen LogP) is 3.04. The zero-order valence-corrected chi connectivity index (χ0v) is 21.5. The fourth-order valence-corrected chi connectivity index (χ4v) is 6.07. The van der Waals surface area contributed by atoms with Gasteiger partial charge in [0.25, 0.3) is 0 Å². The van der Waals surface area contributed by atoms with E-state index >= 15 is 0 Å². The van der Waals surface area contributed by atoms with Crippen LogP contribution in [0.3, 0.4) is 0 Å². The Morgan fingerprint density at radius 1 is 1.03 bits per heavy atom. The molecule has 2 saturated heterocycles. The molecule has 2 aliphatic rings. The summed E-state index contributed by atoms with van der Waals surface area (Å²) in [6.07, 6.45) is 4.17. The van der Waals surface area contributed by atoms with Gasteiger partial charge < -0.3 is 15.1 Å². The van der Waals surface area contributed by atoms with Crippen LogP contribution in [0.15, 0.2) is 66.1 Å². The monoisotopic (exact) mass is 510 g/mol. The van der Waals surface area contributed by atoms with Gasteiger partial charge in [-0.05, 0) is 43.0 Å². The van der Waals surface area contributed by atoms with Crippen LogP contribution >= 0.6 is 0 Å². The Morgan fingerprint density at radius 2 is 1.67 bits per heavy atom. The molecule has 1 N–H and O–H groups in total. The molecule has 1 spiro atoms. The smallest absolute Gasteiger partial charge is 0.250 e. The van der Waals surface area contributed by atoms with E-state index in [4.69, 9.17) is 0 Å². The lowest BCUT2D eigenvalue weighted by atomic mass is 9.86. The summed E-state index contributed by atoms with van der Waals surface area (Å²) < 4.78 is 27.5. The van der Waals surface area contributed by atoms with Crippen molar-refractivity contribution in [1.29, 1.82) is 0 Å². The highest BCUT2D eigenvalue weighted by molar-refractivity contribution is 7.92. The average molecular weight is 511 g/mol. The molecule has 2 aliphatic heterocycles. The topological polar surface area (TPSA) is 90.0 Å². The third kappa shape index (κ3) is 5.63. The zero-order valence-electron chi connectivity index (χ0n) is 20.7. The van der Waals surface area contributed by atoms with Gasteiger partial charge in [0.05, 0.1) is 6.67 Å². The molecular weight excluding hydrogens is 476 g/mol. The molecule has 2 heterocycles. The third-order valence-corrected chi connectivity index (χ3v) is 8.48. The summed E-state index contributed by atoms with van der Waals surface area (Å²) in [5.74, 6) is -0.290. The minimum Gasteiger partial charge on any atom is -0.355 e. The minimum absolute atomic E-state index is 0.00451. The summed E-state index contributed by atoms with van der Waals surface area (Å²) >= 11 is 0. The van der Waals surface area contributed by atoms with Gasteiger partial charge >= 0.3 is 0 Å². The van der Waals surface area contributed by atoms with E-state index in [2.05, 4.69) is 12.2 Å². The lowest BCUT2D eigenvalue weighted by Gasteiger charge is -2.42. The normalized spacial score (nSPS) is 18.3. The van der Waals surface area contributed by atoms with Crippen LogP contribution in [0.5, 0.6) is 0 Å². The summed E-state index contributed by atoms with van der Waals surface area (Å²) in [5.41, 5.74) is 0.823. The van der Waals surface area contributed by atoms with Gasteiger partial charge in [-0.25, -0.2) is 8.42 Å². The quantitative estimate of drug-likeness (QED) is 0.524. The van der Waals surface area contributed by atoms with E-state index in [1.54, 1.807) is 11.0 Å². The van der Waals surface area contributed by atoms with Crippen molar-refractivity contribution in [2.24, 2.45) is 0 Å². The van der Waals surface area contributed by atoms with Crippen LogP contribution < -0.4 is 10.2 Å². The number of amides is 2. The molecule has 0 bridgehead atoms. The second-order valence-electron chi connectivity index (χ2n) is 9.30. The Balaban J connectivity index is 1.50. The van der Waals surface area contributed by atoms with Crippen molar-refractivity contribution in [3.8, 4) is 0 Å².